The molecule has 1 N–H and O–H groups in total. The molecule has 4 rings (SSSR count). The Balaban J connectivity index is 1.35. The smallest absolute Gasteiger partial charge is 0.238 e. The minimum atomic E-state index is 0.0276. The molecule has 6 nitrogen and oxygen atoms in total. The molecule has 1 amide bonds. The van der Waals surface area contributed by atoms with E-state index in [1.54, 1.807) is 0 Å². The Bertz CT molecular complexity index is 1040. The van der Waals surface area contributed by atoms with E-state index in [-0.39, 0.29) is 5.91 Å². The molecule has 0 saturated carbocycles. The third-order valence-corrected chi connectivity index (χ3v) is 5.50. The van der Waals surface area contributed by atoms with Crippen LogP contribution in [-0.2, 0) is 4.79 Å². The number of aromatic nitrogens is 2. The van der Waals surface area contributed by atoms with Gasteiger partial charge in [-0.3, -0.25) is 9.69 Å². The molecule has 0 atom stereocenters. The van der Waals surface area contributed by atoms with E-state index in [1.165, 1.54) is 0 Å². The first-order valence-corrected chi connectivity index (χ1v) is 10.6. The number of carbonyl (C=O) groups excluding carboxylic acids is 1. The number of amides is 1. The summed E-state index contributed by atoms with van der Waals surface area (Å²) in [4.78, 5) is 26.4. The summed E-state index contributed by atoms with van der Waals surface area (Å²) in [6.45, 7) is 10.0. The lowest BCUT2D eigenvalue weighted by Gasteiger charge is -2.35. The maximum absolute atomic E-state index is 12.7. The average Bonchev–Trinajstić information content (AvgIpc) is 2.74. The van der Waals surface area contributed by atoms with Crippen LogP contribution in [0.25, 0.3) is 10.8 Å². The summed E-state index contributed by atoms with van der Waals surface area (Å²) < 4.78 is 0. The highest BCUT2D eigenvalue weighted by molar-refractivity contribution is 6.02. The number of benzene rings is 2. The van der Waals surface area contributed by atoms with Gasteiger partial charge in [-0.15, -0.1) is 0 Å². The molecule has 0 unspecified atom stereocenters. The highest BCUT2D eigenvalue weighted by Gasteiger charge is 2.21. The number of hydrogen-bond donors (Lipinski definition) is 1. The number of hydrogen-bond acceptors (Lipinski definition) is 5. The van der Waals surface area contributed by atoms with E-state index in [2.05, 4.69) is 52.1 Å². The second-order valence-electron chi connectivity index (χ2n) is 8.22. The van der Waals surface area contributed by atoms with Gasteiger partial charge in [0.15, 0.2) is 0 Å². The fourth-order valence-corrected chi connectivity index (χ4v) is 3.86. The Morgan fingerprint density at radius 2 is 1.77 bits per heavy atom. The van der Waals surface area contributed by atoms with Crippen LogP contribution in [0.5, 0.6) is 0 Å². The summed E-state index contributed by atoms with van der Waals surface area (Å²) in [6, 6.07) is 16.2. The van der Waals surface area contributed by atoms with Crippen LogP contribution in [0.4, 0.5) is 11.5 Å². The predicted molar refractivity (Wildman–Crippen MR) is 122 cm³/mol. The Hall–Kier alpha value is -2.99. The maximum Gasteiger partial charge on any atom is 0.238 e. The van der Waals surface area contributed by atoms with Crippen LogP contribution in [0.2, 0.25) is 0 Å². The van der Waals surface area contributed by atoms with Gasteiger partial charge in [0.1, 0.15) is 11.6 Å². The van der Waals surface area contributed by atoms with E-state index < -0.39 is 0 Å². The summed E-state index contributed by atoms with van der Waals surface area (Å²) in [5, 5.41) is 5.28. The minimum Gasteiger partial charge on any atom is -0.354 e. The minimum absolute atomic E-state index is 0.0276. The van der Waals surface area contributed by atoms with Crippen LogP contribution >= 0.6 is 0 Å². The maximum atomic E-state index is 12.7. The number of aryl methyl sites for hydroxylation is 1. The van der Waals surface area contributed by atoms with Gasteiger partial charge < -0.3 is 10.2 Å². The summed E-state index contributed by atoms with van der Waals surface area (Å²) >= 11 is 0. The Labute approximate surface area is 177 Å². The fourth-order valence-electron chi connectivity index (χ4n) is 3.86. The second-order valence-corrected chi connectivity index (χ2v) is 8.22. The Morgan fingerprint density at radius 3 is 2.53 bits per heavy atom. The molecule has 1 fully saturated rings. The van der Waals surface area contributed by atoms with Crippen molar-refractivity contribution in [2.75, 3.05) is 42.9 Å². The number of piperazine rings is 1. The zero-order valence-electron chi connectivity index (χ0n) is 17.9. The molecule has 156 valence electrons. The summed E-state index contributed by atoms with van der Waals surface area (Å²) in [5.74, 6) is 2.22. The zero-order chi connectivity index (χ0) is 21.1. The van der Waals surface area contributed by atoms with E-state index in [4.69, 9.17) is 4.98 Å². The van der Waals surface area contributed by atoms with Crippen molar-refractivity contribution in [1.82, 2.24) is 14.9 Å². The van der Waals surface area contributed by atoms with Gasteiger partial charge in [0.25, 0.3) is 0 Å². The number of fused-ring (bicyclic) bond motifs is 1. The van der Waals surface area contributed by atoms with Crippen LogP contribution in [-0.4, -0.2) is 53.5 Å². The summed E-state index contributed by atoms with van der Waals surface area (Å²) in [5.41, 5.74) is 1.87. The summed E-state index contributed by atoms with van der Waals surface area (Å²) in [7, 11) is 0. The summed E-state index contributed by atoms with van der Waals surface area (Å²) in [6.07, 6.45) is 0. The van der Waals surface area contributed by atoms with E-state index in [0.717, 1.165) is 60.0 Å². The van der Waals surface area contributed by atoms with Crippen LogP contribution in [0.3, 0.4) is 0 Å². The van der Waals surface area contributed by atoms with E-state index in [9.17, 15) is 4.79 Å². The molecule has 0 bridgehead atoms. The third kappa shape index (κ3) is 4.60. The van der Waals surface area contributed by atoms with Gasteiger partial charge >= 0.3 is 0 Å². The number of nitrogens with zero attached hydrogens (tertiary/aromatic N) is 4. The number of nitrogens with one attached hydrogen (secondary N) is 1. The Kier molecular flexibility index (Phi) is 5.95. The molecule has 1 aromatic heterocycles. The molecule has 2 heterocycles. The van der Waals surface area contributed by atoms with Crippen molar-refractivity contribution in [3.63, 3.8) is 0 Å². The topological polar surface area (TPSA) is 61.4 Å². The number of anilines is 2. The number of rotatable bonds is 5. The lowest BCUT2D eigenvalue weighted by atomic mass is 10.1. The lowest BCUT2D eigenvalue weighted by molar-refractivity contribution is -0.117. The van der Waals surface area contributed by atoms with Crippen molar-refractivity contribution in [3.8, 4) is 0 Å². The highest BCUT2D eigenvalue weighted by Crippen LogP contribution is 2.23. The van der Waals surface area contributed by atoms with E-state index in [1.807, 2.05) is 37.3 Å². The first-order chi connectivity index (χ1) is 14.5. The molecular formula is C24H29N5O. The molecule has 6 heteroatoms. The van der Waals surface area contributed by atoms with Gasteiger partial charge in [0.2, 0.25) is 5.91 Å². The van der Waals surface area contributed by atoms with E-state index >= 15 is 0 Å². The predicted octanol–water partition coefficient (Wildman–Crippen LogP) is 3.82. The van der Waals surface area contributed by atoms with Gasteiger partial charge in [-0.05, 0) is 18.4 Å². The molecule has 3 aromatic rings. The standard InChI is InChI=1S/C24H29N5O/c1-17(2)24-25-18(3)15-22(27-24)29-13-11-28(12-14-29)16-23(30)26-21-10-6-8-19-7-4-5-9-20(19)21/h4-10,15,17H,11-14,16H2,1-3H3,(H,26,30). The lowest BCUT2D eigenvalue weighted by Crippen LogP contribution is -2.49. The molecular weight excluding hydrogens is 374 g/mol. The van der Waals surface area contributed by atoms with Crippen LogP contribution in [0, 0.1) is 6.92 Å². The van der Waals surface area contributed by atoms with Crippen LogP contribution in [0.15, 0.2) is 48.5 Å². The first-order valence-electron chi connectivity index (χ1n) is 10.6. The Morgan fingerprint density at radius 1 is 1.03 bits per heavy atom. The molecule has 1 saturated heterocycles. The molecule has 1 aliphatic heterocycles. The molecule has 1 aliphatic rings. The van der Waals surface area contributed by atoms with Crippen molar-refractivity contribution in [2.24, 2.45) is 0 Å². The third-order valence-electron chi connectivity index (χ3n) is 5.50. The van der Waals surface area contributed by atoms with Crippen molar-refractivity contribution >= 4 is 28.2 Å². The average molecular weight is 404 g/mol. The zero-order valence-corrected chi connectivity index (χ0v) is 17.9. The van der Waals surface area contributed by atoms with Crippen molar-refractivity contribution in [3.05, 3.63) is 60.0 Å². The van der Waals surface area contributed by atoms with Gasteiger partial charge in [0.05, 0.1) is 6.54 Å². The largest absolute Gasteiger partial charge is 0.354 e. The molecule has 0 spiro atoms. The fraction of sp³-hybridized carbons (Fsp3) is 0.375. The SMILES string of the molecule is Cc1cc(N2CCN(CC(=O)Nc3cccc4ccccc34)CC2)nc(C(C)C)n1. The monoisotopic (exact) mass is 403 g/mol. The van der Waals surface area contributed by atoms with Crippen LogP contribution < -0.4 is 10.2 Å². The normalized spacial score (nSPS) is 15.0. The van der Waals surface area contributed by atoms with E-state index in [0.29, 0.717) is 12.5 Å². The van der Waals surface area contributed by atoms with Gasteiger partial charge in [-0.2, -0.15) is 0 Å². The molecule has 0 radical (unpaired) electrons. The highest BCUT2D eigenvalue weighted by atomic mass is 16.2. The number of carbonyl (C=O) groups is 1. The van der Waals surface area contributed by atoms with Crippen LogP contribution in [0.1, 0.15) is 31.3 Å². The quantitative estimate of drug-likeness (QED) is 0.702. The first kappa shape index (κ1) is 20.3. The van der Waals surface area contributed by atoms with Crippen molar-refractivity contribution in [1.29, 1.82) is 0 Å². The van der Waals surface area contributed by atoms with Gasteiger partial charge in [0, 0.05) is 54.9 Å². The van der Waals surface area contributed by atoms with Gasteiger partial charge in [-0.1, -0.05) is 50.2 Å². The molecule has 30 heavy (non-hydrogen) atoms. The molecule has 2 aromatic carbocycles. The molecule has 0 aliphatic carbocycles. The van der Waals surface area contributed by atoms with Crippen molar-refractivity contribution < 1.29 is 4.79 Å². The second kappa shape index (κ2) is 8.79. The van der Waals surface area contributed by atoms with Gasteiger partial charge in [-0.25, -0.2) is 9.97 Å². The van der Waals surface area contributed by atoms with Crippen molar-refractivity contribution in [2.45, 2.75) is 26.7 Å².